The number of rotatable bonds is 4. The second-order valence-corrected chi connectivity index (χ2v) is 6.70. The first-order valence-corrected chi connectivity index (χ1v) is 8.88. The predicted molar refractivity (Wildman–Crippen MR) is 106 cm³/mol. The molecule has 0 saturated heterocycles. The average Bonchev–Trinajstić information content (AvgIpc) is 2.82. The molecule has 2 aromatic rings. The number of carbonyl (C=O) groups excluding carboxylic acids is 1. The Morgan fingerprint density at radius 2 is 2.00 bits per heavy atom. The quantitative estimate of drug-likeness (QED) is 0.361. The fourth-order valence-electron chi connectivity index (χ4n) is 2.71. The molecule has 2 aromatic carbocycles. The fourth-order valence-corrected chi connectivity index (χ4v) is 2.88. The minimum atomic E-state index is -0.823. The Balaban J connectivity index is 2.13. The maximum atomic E-state index is 14.4. The molecule has 0 aromatic heterocycles. The summed E-state index contributed by atoms with van der Waals surface area (Å²) in [5, 5.41) is 12.8. The Hall–Kier alpha value is -3.06. The molecule has 0 spiro atoms. The lowest BCUT2D eigenvalue weighted by Gasteiger charge is -2.09. The Bertz CT molecular complexity index is 1020. The van der Waals surface area contributed by atoms with Gasteiger partial charge in [0.2, 0.25) is 5.71 Å². The van der Waals surface area contributed by atoms with Crippen molar-refractivity contribution in [2.24, 2.45) is 15.1 Å². The third kappa shape index (κ3) is 4.09. The van der Waals surface area contributed by atoms with Crippen molar-refractivity contribution < 1.29 is 19.1 Å². The molecule has 1 aliphatic rings. The van der Waals surface area contributed by atoms with Crippen LogP contribution in [-0.2, 0) is 9.53 Å². The molecule has 0 amide bonds. The Morgan fingerprint density at radius 1 is 1.25 bits per heavy atom. The van der Waals surface area contributed by atoms with Crippen LogP contribution in [0.15, 0.2) is 57.6 Å². The number of fused-ring (bicyclic) bond motifs is 1. The van der Waals surface area contributed by atoms with E-state index in [1.54, 1.807) is 50.2 Å². The van der Waals surface area contributed by atoms with Gasteiger partial charge in [0.25, 0.3) is 0 Å². The molecule has 0 fully saturated rings. The topological polar surface area (TPSA) is 83.6 Å². The Morgan fingerprint density at radius 3 is 2.68 bits per heavy atom. The molecule has 0 bridgehead atoms. The van der Waals surface area contributed by atoms with Gasteiger partial charge in [0, 0.05) is 16.1 Å². The van der Waals surface area contributed by atoms with Crippen molar-refractivity contribution in [3.05, 3.63) is 64.4 Å². The second kappa shape index (κ2) is 8.31. The second-order valence-electron chi connectivity index (χ2n) is 6.27. The molecule has 0 unspecified atom stereocenters. The van der Waals surface area contributed by atoms with E-state index in [4.69, 9.17) is 16.3 Å². The molecule has 0 aliphatic carbocycles. The van der Waals surface area contributed by atoms with Crippen molar-refractivity contribution in [2.75, 3.05) is 6.54 Å². The lowest BCUT2D eigenvalue weighted by atomic mass is 10.0. The zero-order valence-electron chi connectivity index (χ0n) is 15.2. The van der Waals surface area contributed by atoms with Gasteiger partial charge in [-0.2, -0.15) is 0 Å². The number of esters is 1. The highest BCUT2D eigenvalue weighted by Gasteiger charge is 2.26. The average molecular weight is 402 g/mol. The number of halogens is 2. The van der Waals surface area contributed by atoms with Crippen LogP contribution < -0.4 is 0 Å². The molecular formula is C20H17ClFN3O3. The molecule has 3 rings (SSSR count). The molecule has 6 nitrogen and oxygen atoms in total. The molecule has 0 saturated carbocycles. The van der Waals surface area contributed by atoms with Crippen LogP contribution >= 0.6 is 11.6 Å². The number of aliphatic imine (C=N–C) groups is 2. The third-order valence-corrected chi connectivity index (χ3v) is 4.13. The number of nitrogens with zero attached hydrogens (tertiary/aromatic N) is 3. The van der Waals surface area contributed by atoms with Gasteiger partial charge in [0.15, 0.2) is 0 Å². The molecule has 144 valence electrons. The van der Waals surface area contributed by atoms with E-state index in [1.165, 1.54) is 6.07 Å². The zero-order valence-corrected chi connectivity index (χ0v) is 15.9. The minimum absolute atomic E-state index is 0.100. The maximum absolute atomic E-state index is 14.4. The number of ether oxygens (including phenoxy) is 1. The van der Waals surface area contributed by atoms with Crippen LogP contribution in [0.1, 0.15) is 25.0 Å². The van der Waals surface area contributed by atoms with E-state index in [0.29, 0.717) is 22.0 Å². The van der Waals surface area contributed by atoms with Gasteiger partial charge < -0.3 is 9.94 Å². The lowest BCUT2D eigenvalue weighted by molar-refractivity contribution is -0.138. The van der Waals surface area contributed by atoms with Crippen molar-refractivity contribution in [3.8, 4) is 0 Å². The SMILES string of the molecule is CC(C)OC(=O)C(=NO)C1=Nc2ccc(Cl)cc2C(c2ccccc2F)=NC1. The van der Waals surface area contributed by atoms with E-state index in [9.17, 15) is 14.4 Å². The summed E-state index contributed by atoms with van der Waals surface area (Å²) >= 11 is 6.12. The van der Waals surface area contributed by atoms with Gasteiger partial charge in [-0.1, -0.05) is 28.9 Å². The number of hydrogen-bond acceptors (Lipinski definition) is 6. The van der Waals surface area contributed by atoms with Gasteiger partial charge >= 0.3 is 5.97 Å². The number of oxime groups is 1. The summed E-state index contributed by atoms with van der Waals surface area (Å²) in [6.07, 6.45) is -0.404. The van der Waals surface area contributed by atoms with Gasteiger partial charge in [-0.3, -0.25) is 4.99 Å². The first-order valence-electron chi connectivity index (χ1n) is 8.51. The highest BCUT2D eigenvalue weighted by atomic mass is 35.5. The summed E-state index contributed by atoms with van der Waals surface area (Å²) in [6.45, 7) is 3.24. The first-order chi connectivity index (χ1) is 13.4. The standard InChI is InChI=1S/C20H17ClFN3O3/c1-11(2)28-20(26)19(25-27)17-10-23-18(13-5-3-4-6-15(13)22)14-9-12(21)7-8-16(14)24-17/h3-9,11,27H,10H2,1-2H3. The summed E-state index contributed by atoms with van der Waals surface area (Å²) in [5.41, 5.74) is 1.27. The zero-order chi connectivity index (χ0) is 20.3. The van der Waals surface area contributed by atoms with Gasteiger partial charge in [-0.15, -0.1) is 0 Å². The van der Waals surface area contributed by atoms with Gasteiger partial charge in [-0.25, -0.2) is 14.2 Å². The van der Waals surface area contributed by atoms with E-state index in [-0.39, 0.29) is 23.5 Å². The lowest BCUT2D eigenvalue weighted by Crippen LogP contribution is -2.30. The molecule has 1 aliphatic heterocycles. The van der Waals surface area contributed by atoms with Crippen LogP contribution in [0.4, 0.5) is 10.1 Å². The van der Waals surface area contributed by atoms with Crippen molar-refractivity contribution in [1.82, 2.24) is 0 Å². The van der Waals surface area contributed by atoms with Crippen molar-refractivity contribution in [2.45, 2.75) is 20.0 Å². The molecule has 8 heteroatoms. The van der Waals surface area contributed by atoms with E-state index in [1.807, 2.05) is 0 Å². The fraction of sp³-hybridized carbons (Fsp3) is 0.200. The third-order valence-electron chi connectivity index (χ3n) is 3.89. The summed E-state index contributed by atoms with van der Waals surface area (Å²) in [7, 11) is 0. The molecule has 1 N–H and O–H groups in total. The van der Waals surface area contributed by atoms with Crippen LogP contribution in [0.5, 0.6) is 0 Å². The summed E-state index contributed by atoms with van der Waals surface area (Å²) in [4.78, 5) is 21.1. The molecule has 1 heterocycles. The maximum Gasteiger partial charge on any atom is 0.362 e. The van der Waals surface area contributed by atoms with Crippen molar-refractivity contribution in [1.29, 1.82) is 0 Å². The smallest absolute Gasteiger partial charge is 0.362 e. The van der Waals surface area contributed by atoms with E-state index >= 15 is 0 Å². The summed E-state index contributed by atoms with van der Waals surface area (Å²) in [5.74, 6) is -1.28. The van der Waals surface area contributed by atoms with Crippen LogP contribution in [0.3, 0.4) is 0 Å². The van der Waals surface area contributed by atoms with Crippen molar-refractivity contribution >= 4 is 40.4 Å². The van der Waals surface area contributed by atoms with Gasteiger partial charge in [0.1, 0.15) is 5.82 Å². The highest BCUT2D eigenvalue weighted by Crippen LogP contribution is 2.29. The number of benzene rings is 2. The van der Waals surface area contributed by atoms with Crippen LogP contribution in [0.25, 0.3) is 0 Å². The van der Waals surface area contributed by atoms with Crippen molar-refractivity contribution in [3.63, 3.8) is 0 Å². The molecule has 0 atom stereocenters. The number of carbonyl (C=O) groups is 1. The van der Waals surface area contributed by atoms with E-state index in [0.717, 1.165) is 0 Å². The number of hydrogen-bond donors (Lipinski definition) is 1. The van der Waals surface area contributed by atoms with E-state index in [2.05, 4.69) is 15.1 Å². The van der Waals surface area contributed by atoms with Crippen LogP contribution in [-0.4, -0.2) is 41.0 Å². The molecule has 0 radical (unpaired) electrons. The highest BCUT2D eigenvalue weighted by molar-refractivity contribution is 6.66. The van der Waals surface area contributed by atoms with E-state index < -0.39 is 17.9 Å². The van der Waals surface area contributed by atoms with Gasteiger partial charge in [0.05, 0.1) is 29.8 Å². The Kier molecular flexibility index (Phi) is 5.84. The Labute approximate surface area is 166 Å². The molecule has 28 heavy (non-hydrogen) atoms. The summed E-state index contributed by atoms with van der Waals surface area (Å²) in [6, 6.07) is 11.1. The summed E-state index contributed by atoms with van der Waals surface area (Å²) < 4.78 is 19.5. The van der Waals surface area contributed by atoms with Crippen LogP contribution in [0.2, 0.25) is 5.02 Å². The van der Waals surface area contributed by atoms with Crippen LogP contribution in [0, 0.1) is 5.82 Å². The minimum Gasteiger partial charge on any atom is -0.458 e. The monoisotopic (exact) mass is 401 g/mol. The predicted octanol–water partition coefficient (Wildman–Crippen LogP) is 4.18. The molecular weight excluding hydrogens is 385 g/mol. The first kappa shape index (κ1) is 19.7. The normalized spacial score (nSPS) is 14.1. The van der Waals surface area contributed by atoms with Gasteiger partial charge in [-0.05, 0) is 44.2 Å². The largest absolute Gasteiger partial charge is 0.458 e.